The predicted molar refractivity (Wildman–Crippen MR) is 80.9 cm³/mol. The van der Waals surface area contributed by atoms with Gasteiger partial charge in [-0.3, -0.25) is 4.98 Å². The van der Waals surface area contributed by atoms with E-state index in [0.717, 1.165) is 10.2 Å². The molecule has 0 bridgehead atoms. The number of rotatable bonds is 2. The zero-order chi connectivity index (χ0) is 14.3. The number of hydrogen-bond donors (Lipinski definition) is 0. The number of fused-ring (bicyclic) bond motifs is 3. The molecule has 1 aromatic carbocycles. The third-order valence-electron chi connectivity index (χ3n) is 2.79. The summed E-state index contributed by atoms with van der Waals surface area (Å²) in [6.07, 6.45) is 1.43. The summed E-state index contributed by atoms with van der Waals surface area (Å²) in [7, 11) is 0. The highest BCUT2D eigenvalue weighted by Crippen LogP contribution is 2.37. The maximum absolute atomic E-state index is 11.9. The Morgan fingerprint density at radius 3 is 2.85 bits per heavy atom. The number of pyridine rings is 1. The van der Waals surface area contributed by atoms with Crippen molar-refractivity contribution in [2.75, 3.05) is 6.61 Å². The minimum atomic E-state index is -0.487. The van der Waals surface area contributed by atoms with Gasteiger partial charge in [-0.05, 0) is 19.1 Å². The molecule has 0 radical (unpaired) electrons. The summed E-state index contributed by atoms with van der Waals surface area (Å²) >= 11 is 13.6. The van der Waals surface area contributed by atoms with Crippen molar-refractivity contribution in [2.24, 2.45) is 0 Å². The molecule has 0 amide bonds. The molecule has 3 rings (SSSR count). The van der Waals surface area contributed by atoms with Gasteiger partial charge in [0.1, 0.15) is 0 Å². The van der Waals surface area contributed by atoms with E-state index in [2.05, 4.69) is 9.97 Å². The molecule has 0 unspecified atom stereocenters. The SMILES string of the molecule is CCOC(=O)c1cnc2ccc3nc(Cl)sc3c2c1Cl. The standard InChI is InChI=1S/C13H8Cl2N2O2S/c1-2-19-12(18)6-5-16-7-3-4-8-11(9(7)10(6)14)20-13(15)17-8/h3-5H,2H2,1H3. The fourth-order valence-electron chi connectivity index (χ4n) is 1.95. The zero-order valence-electron chi connectivity index (χ0n) is 10.3. The van der Waals surface area contributed by atoms with Crippen LogP contribution >= 0.6 is 34.5 Å². The Balaban J connectivity index is 2.34. The molecule has 0 aliphatic carbocycles. The second-order valence-corrected chi connectivity index (χ2v) is 5.94. The number of aromatic nitrogens is 2. The maximum Gasteiger partial charge on any atom is 0.341 e. The topological polar surface area (TPSA) is 52.1 Å². The molecule has 0 fully saturated rings. The fraction of sp³-hybridized carbons (Fsp3) is 0.154. The highest BCUT2D eigenvalue weighted by atomic mass is 35.5. The predicted octanol–water partition coefficient (Wildman–Crippen LogP) is 4.33. The lowest BCUT2D eigenvalue weighted by Gasteiger charge is -2.07. The number of esters is 1. The summed E-state index contributed by atoms with van der Waals surface area (Å²) in [5.41, 5.74) is 1.67. The number of halogens is 2. The Labute approximate surface area is 128 Å². The first-order valence-electron chi connectivity index (χ1n) is 5.82. The highest BCUT2D eigenvalue weighted by molar-refractivity contribution is 7.23. The number of carbonyl (C=O) groups is 1. The van der Waals surface area contributed by atoms with Crippen molar-refractivity contribution in [1.29, 1.82) is 0 Å². The van der Waals surface area contributed by atoms with Gasteiger partial charge < -0.3 is 4.74 Å². The Hall–Kier alpha value is -1.43. The minimum absolute atomic E-state index is 0.248. The van der Waals surface area contributed by atoms with Crippen molar-refractivity contribution in [3.63, 3.8) is 0 Å². The second-order valence-electron chi connectivity index (χ2n) is 3.98. The van der Waals surface area contributed by atoms with Crippen LogP contribution < -0.4 is 0 Å². The lowest BCUT2D eigenvalue weighted by atomic mass is 10.1. The summed E-state index contributed by atoms with van der Waals surface area (Å²) < 4.78 is 6.21. The Kier molecular flexibility index (Phi) is 3.50. The van der Waals surface area contributed by atoms with Gasteiger partial charge >= 0.3 is 5.97 Å². The first kappa shape index (κ1) is 13.5. The third kappa shape index (κ3) is 2.12. The van der Waals surface area contributed by atoms with Gasteiger partial charge in [-0.25, -0.2) is 9.78 Å². The number of hydrogen-bond acceptors (Lipinski definition) is 5. The molecule has 0 saturated heterocycles. The van der Waals surface area contributed by atoms with Gasteiger partial charge in [-0.1, -0.05) is 23.2 Å². The highest BCUT2D eigenvalue weighted by Gasteiger charge is 2.18. The van der Waals surface area contributed by atoms with Crippen molar-refractivity contribution in [2.45, 2.75) is 6.92 Å². The minimum Gasteiger partial charge on any atom is -0.462 e. The average molecular weight is 327 g/mol. The Morgan fingerprint density at radius 1 is 1.35 bits per heavy atom. The van der Waals surface area contributed by atoms with Crippen LogP contribution in [0.15, 0.2) is 18.3 Å². The van der Waals surface area contributed by atoms with Crippen LogP contribution in [0.25, 0.3) is 21.1 Å². The molecule has 4 nitrogen and oxygen atoms in total. The molecular formula is C13H8Cl2N2O2S. The Bertz CT molecular complexity index is 832. The van der Waals surface area contributed by atoms with Crippen molar-refractivity contribution in [1.82, 2.24) is 9.97 Å². The van der Waals surface area contributed by atoms with E-state index in [4.69, 9.17) is 27.9 Å². The van der Waals surface area contributed by atoms with E-state index in [0.29, 0.717) is 20.4 Å². The molecule has 7 heteroatoms. The maximum atomic E-state index is 11.9. The molecule has 2 aromatic heterocycles. The van der Waals surface area contributed by atoms with Crippen LogP contribution in [0, 0.1) is 0 Å². The number of ether oxygens (including phenoxy) is 1. The van der Waals surface area contributed by atoms with Crippen LogP contribution in [-0.2, 0) is 4.74 Å². The first-order chi connectivity index (χ1) is 9.61. The van der Waals surface area contributed by atoms with E-state index < -0.39 is 5.97 Å². The molecule has 3 aromatic rings. The molecule has 102 valence electrons. The van der Waals surface area contributed by atoms with Gasteiger partial charge in [0.15, 0.2) is 4.47 Å². The van der Waals surface area contributed by atoms with Crippen molar-refractivity contribution in [3.05, 3.63) is 33.4 Å². The van der Waals surface area contributed by atoms with Crippen LogP contribution in [0.1, 0.15) is 17.3 Å². The molecule has 20 heavy (non-hydrogen) atoms. The molecule has 2 heterocycles. The number of benzene rings is 1. The van der Waals surface area contributed by atoms with Gasteiger partial charge in [-0.15, -0.1) is 11.3 Å². The molecule has 0 aliphatic rings. The molecule has 0 saturated carbocycles. The monoisotopic (exact) mass is 326 g/mol. The van der Waals surface area contributed by atoms with E-state index in [1.165, 1.54) is 17.5 Å². The smallest absolute Gasteiger partial charge is 0.341 e. The van der Waals surface area contributed by atoms with Crippen LogP contribution in [-0.4, -0.2) is 22.5 Å². The summed E-state index contributed by atoms with van der Waals surface area (Å²) in [6.45, 7) is 2.02. The lowest BCUT2D eigenvalue weighted by molar-refractivity contribution is 0.0526. The summed E-state index contributed by atoms with van der Waals surface area (Å²) in [4.78, 5) is 20.3. The number of thiazole rings is 1. The van der Waals surface area contributed by atoms with Crippen molar-refractivity contribution < 1.29 is 9.53 Å². The largest absolute Gasteiger partial charge is 0.462 e. The Morgan fingerprint density at radius 2 is 2.10 bits per heavy atom. The van der Waals surface area contributed by atoms with Crippen molar-refractivity contribution in [3.8, 4) is 0 Å². The molecule has 0 atom stereocenters. The summed E-state index contributed by atoms with van der Waals surface area (Å²) in [6, 6.07) is 3.63. The van der Waals surface area contributed by atoms with E-state index in [1.54, 1.807) is 13.0 Å². The average Bonchev–Trinajstić information content (AvgIpc) is 2.79. The zero-order valence-corrected chi connectivity index (χ0v) is 12.6. The normalized spacial score (nSPS) is 11.2. The van der Waals surface area contributed by atoms with Crippen LogP contribution in [0.4, 0.5) is 0 Å². The van der Waals surface area contributed by atoms with E-state index in [1.807, 2.05) is 6.07 Å². The molecule has 0 aliphatic heterocycles. The van der Waals surface area contributed by atoms with Gasteiger partial charge in [0.25, 0.3) is 0 Å². The fourth-order valence-corrected chi connectivity index (χ4v) is 3.49. The summed E-state index contributed by atoms with van der Waals surface area (Å²) in [5.74, 6) is -0.487. The quantitative estimate of drug-likeness (QED) is 0.658. The van der Waals surface area contributed by atoms with Gasteiger partial charge in [0.05, 0.1) is 32.9 Å². The van der Waals surface area contributed by atoms with Gasteiger partial charge in [0.2, 0.25) is 0 Å². The second kappa shape index (κ2) is 5.16. The number of nitrogens with zero attached hydrogens (tertiary/aromatic N) is 2. The van der Waals surface area contributed by atoms with Crippen molar-refractivity contribution >= 4 is 61.6 Å². The van der Waals surface area contributed by atoms with Crippen LogP contribution in [0.3, 0.4) is 0 Å². The molecular weight excluding hydrogens is 319 g/mol. The first-order valence-corrected chi connectivity index (χ1v) is 7.39. The van der Waals surface area contributed by atoms with Crippen LogP contribution in [0.2, 0.25) is 9.49 Å². The van der Waals surface area contributed by atoms with Gasteiger partial charge in [0, 0.05) is 11.6 Å². The van der Waals surface area contributed by atoms with E-state index >= 15 is 0 Å². The lowest BCUT2D eigenvalue weighted by Crippen LogP contribution is -2.06. The van der Waals surface area contributed by atoms with E-state index in [-0.39, 0.29) is 12.2 Å². The van der Waals surface area contributed by atoms with Crippen LogP contribution in [0.5, 0.6) is 0 Å². The van der Waals surface area contributed by atoms with Gasteiger partial charge in [-0.2, -0.15) is 0 Å². The molecule has 0 N–H and O–H groups in total. The molecule has 0 spiro atoms. The number of carbonyl (C=O) groups excluding carboxylic acids is 1. The summed E-state index contributed by atoms with van der Waals surface area (Å²) in [5, 5.41) is 0.999. The van der Waals surface area contributed by atoms with E-state index in [9.17, 15) is 4.79 Å². The third-order valence-corrected chi connectivity index (χ3v) is 4.38.